The lowest BCUT2D eigenvalue weighted by Gasteiger charge is -2.31. The van der Waals surface area contributed by atoms with E-state index in [2.05, 4.69) is 0 Å². The number of hydrogen-bond acceptors (Lipinski definition) is 4. The molecule has 3 aromatic rings. The molecule has 3 atom stereocenters. The summed E-state index contributed by atoms with van der Waals surface area (Å²) >= 11 is 18.7. The van der Waals surface area contributed by atoms with Crippen molar-refractivity contribution in [3.8, 4) is 5.75 Å². The van der Waals surface area contributed by atoms with Crippen molar-refractivity contribution in [2.75, 3.05) is 0 Å². The van der Waals surface area contributed by atoms with E-state index < -0.39 is 24.3 Å². The van der Waals surface area contributed by atoms with Crippen molar-refractivity contribution >= 4 is 40.8 Å². The minimum Gasteiger partial charge on any atom is -0.487 e. The molecule has 33 heavy (non-hydrogen) atoms. The number of carbonyl (C=O) groups is 1. The highest BCUT2D eigenvalue weighted by Gasteiger charge is 2.33. The molecular weight excluding hydrogens is 483 g/mol. The zero-order chi connectivity index (χ0) is 23.5. The molecule has 1 fully saturated rings. The van der Waals surface area contributed by atoms with Crippen LogP contribution in [0.3, 0.4) is 0 Å². The Labute approximate surface area is 208 Å². The molecule has 1 unspecified atom stereocenters. The van der Waals surface area contributed by atoms with Crippen LogP contribution in [0, 0.1) is 0 Å². The number of aliphatic hydroxyl groups is 1. The fourth-order valence-electron chi connectivity index (χ4n) is 4.09. The van der Waals surface area contributed by atoms with Crippen LogP contribution in [0.1, 0.15) is 42.4 Å². The largest absolute Gasteiger partial charge is 0.487 e. The first-order chi connectivity index (χ1) is 15.8. The van der Waals surface area contributed by atoms with Crippen LogP contribution in [0.25, 0.3) is 0 Å². The summed E-state index contributed by atoms with van der Waals surface area (Å²) in [6.45, 7) is 1.83. The Morgan fingerprint density at radius 3 is 2.00 bits per heavy atom. The maximum Gasteiger partial charge on any atom is 0.308 e. The zero-order valence-corrected chi connectivity index (χ0v) is 20.1. The van der Waals surface area contributed by atoms with Gasteiger partial charge in [-0.1, -0.05) is 59.1 Å². The molecule has 1 N–H and O–H groups in total. The number of esters is 1. The normalized spacial score (nSPS) is 19.3. The van der Waals surface area contributed by atoms with Gasteiger partial charge in [-0.3, -0.25) is 4.79 Å². The molecule has 7 heteroatoms. The summed E-state index contributed by atoms with van der Waals surface area (Å²) in [5.41, 5.74) is 2.85. The lowest BCUT2D eigenvalue weighted by atomic mass is 9.84. The van der Waals surface area contributed by atoms with Gasteiger partial charge >= 0.3 is 5.97 Å². The van der Waals surface area contributed by atoms with Crippen LogP contribution in [0.5, 0.6) is 5.75 Å². The van der Waals surface area contributed by atoms with Gasteiger partial charge in [0.1, 0.15) is 18.0 Å². The standard InChI is InChI=1S/C26H23Cl3O4/c1-15(24-13-21(30)14-25(31)33-24)32-23-11-10-20(29)12-22(23)26(16-2-6-18(27)7-3-16)17-4-8-19(28)9-5-17/h2-12,15,21,24,26,30H,13-14H2,1H3/t15?,21-,24+/m1/s1. The molecule has 0 bridgehead atoms. The number of aliphatic hydroxyl groups excluding tert-OH is 1. The number of hydrogen-bond donors (Lipinski definition) is 1. The van der Waals surface area contributed by atoms with Gasteiger partial charge in [0.2, 0.25) is 0 Å². The van der Waals surface area contributed by atoms with Crippen LogP contribution in [0.4, 0.5) is 0 Å². The maximum absolute atomic E-state index is 11.8. The number of rotatable bonds is 6. The number of carbonyl (C=O) groups excluding carboxylic acids is 1. The summed E-state index contributed by atoms with van der Waals surface area (Å²) < 4.78 is 11.7. The second-order valence-electron chi connectivity index (χ2n) is 8.16. The average Bonchev–Trinajstić information content (AvgIpc) is 2.77. The third-order valence-electron chi connectivity index (χ3n) is 5.72. The van der Waals surface area contributed by atoms with Crippen molar-refractivity contribution in [1.29, 1.82) is 0 Å². The van der Waals surface area contributed by atoms with Gasteiger partial charge in [-0.25, -0.2) is 0 Å². The molecule has 3 aromatic carbocycles. The van der Waals surface area contributed by atoms with E-state index in [1.54, 1.807) is 6.07 Å². The monoisotopic (exact) mass is 504 g/mol. The van der Waals surface area contributed by atoms with E-state index in [9.17, 15) is 9.90 Å². The van der Waals surface area contributed by atoms with Gasteiger partial charge in [0.15, 0.2) is 0 Å². The van der Waals surface area contributed by atoms with Gasteiger partial charge in [-0.15, -0.1) is 0 Å². The summed E-state index contributed by atoms with van der Waals surface area (Å²) in [6.07, 6.45) is -1.42. The second kappa shape index (κ2) is 10.4. The molecule has 0 aromatic heterocycles. The van der Waals surface area contributed by atoms with E-state index >= 15 is 0 Å². The Balaban J connectivity index is 1.74. The molecule has 0 amide bonds. The minimum atomic E-state index is -0.733. The molecule has 4 nitrogen and oxygen atoms in total. The SMILES string of the molecule is CC(Oc1ccc(Cl)cc1C(c1ccc(Cl)cc1)c1ccc(Cl)cc1)[C@@H]1C[C@@H](O)CC(=O)O1. The summed E-state index contributed by atoms with van der Waals surface area (Å²) in [7, 11) is 0. The van der Waals surface area contributed by atoms with Gasteiger partial charge in [0, 0.05) is 33.0 Å². The van der Waals surface area contributed by atoms with Gasteiger partial charge < -0.3 is 14.6 Å². The number of benzene rings is 3. The van der Waals surface area contributed by atoms with Crippen molar-refractivity contribution in [2.24, 2.45) is 0 Å². The summed E-state index contributed by atoms with van der Waals surface area (Å²) in [5, 5.41) is 11.8. The molecule has 4 rings (SSSR count). The topological polar surface area (TPSA) is 55.8 Å². The van der Waals surface area contributed by atoms with E-state index in [1.807, 2.05) is 67.6 Å². The highest BCUT2D eigenvalue weighted by atomic mass is 35.5. The van der Waals surface area contributed by atoms with Crippen LogP contribution < -0.4 is 4.74 Å². The quantitative estimate of drug-likeness (QED) is 0.301. The Bertz CT molecular complexity index is 1070. The lowest BCUT2D eigenvalue weighted by molar-refractivity contribution is -0.166. The smallest absolute Gasteiger partial charge is 0.308 e. The summed E-state index contributed by atoms with van der Waals surface area (Å²) in [4.78, 5) is 11.8. The van der Waals surface area contributed by atoms with E-state index in [1.165, 1.54) is 0 Å². The second-order valence-corrected chi connectivity index (χ2v) is 9.47. The van der Waals surface area contributed by atoms with Crippen LogP contribution in [0.2, 0.25) is 15.1 Å². The van der Waals surface area contributed by atoms with Crippen molar-refractivity contribution in [2.45, 2.75) is 44.0 Å². The van der Waals surface area contributed by atoms with Gasteiger partial charge in [0.05, 0.1) is 12.5 Å². The molecule has 0 radical (unpaired) electrons. The highest BCUT2D eigenvalue weighted by molar-refractivity contribution is 6.31. The highest BCUT2D eigenvalue weighted by Crippen LogP contribution is 2.40. The average molecular weight is 506 g/mol. The van der Waals surface area contributed by atoms with Crippen LogP contribution in [-0.2, 0) is 9.53 Å². The predicted octanol–water partition coefficient (Wildman–Crippen LogP) is 6.66. The number of ether oxygens (including phenoxy) is 2. The summed E-state index contributed by atoms with van der Waals surface area (Å²) in [6, 6.07) is 20.7. The van der Waals surface area contributed by atoms with E-state index in [0.717, 1.165) is 16.7 Å². The first-order valence-corrected chi connectivity index (χ1v) is 11.8. The molecular formula is C26H23Cl3O4. The van der Waals surface area contributed by atoms with Crippen molar-refractivity contribution < 1.29 is 19.4 Å². The number of halogens is 3. The van der Waals surface area contributed by atoms with Crippen molar-refractivity contribution in [1.82, 2.24) is 0 Å². The molecule has 1 heterocycles. The summed E-state index contributed by atoms with van der Waals surface area (Å²) in [5.74, 6) is -0.0245. The molecule has 172 valence electrons. The predicted molar refractivity (Wildman–Crippen MR) is 131 cm³/mol. The molecule has 1 saturated heterocycles. The molecule has 1 aliphatic heterocycles. The molecule has 0 aliphatic carbocycles. The molecule has 0 saturated carbocycles. The Hall–Kier alpha value is -2.24. The Morgan fingerprint density at radius 1 is 0.909 bits per heavy atom. The molecule has 1 aliphatic rings. The van der Waals surface area contributed by atoms with E-state index in [0.29, 0.717) is 27.2 Å². The van der Waals surface area contributed by atoms with Crippen LogP contribution in [-0.4, -0.2) is 29.4 Å². The number of cyclic esters (lactones) is 1. The van der Waals surface area contributed by atoms with E-state index in [-0.39, 0.29) is 12.3 Å². The van der Waals surface area contributed by atoms with Crippen molar-refractivity contribution in [3.05, 3.63) is 98.5 Å². The van der Waals surface area contributed by atoms with Crippen molar-refractivity contribution in [3.63, 3.8) is 0 Å². The fourth-order valence-corrected chi connectivity index (χ4v) is 4.52. The van der Waals surface area contributed by atoms with Gasteiger partial charge in [-0.2, -0.15) is 0 Å². The fraction of sp³-hybridized carbons (Fsp3) is 0.269. The Morgan fingerprint density at radius 2 is 1.45 bits per heavy atom. The third kappa shape index (κ3) is 5.82. The first kappa shape index (κ1) is 23.9. The zero-order valence-electron chi connectivity index (χ0n) is 17.9. The van der Waals surface area contributed by atoms with Gasteiger partial charge in [0.25, 0.3) is 0 Å². The lowest BCUT2D eigenvalue weighted by Crippen LogP contribution is -2.41. The van der Waals surface area contributed by atoms with E-state index in [4.69, 9.17) is 44.3 Å². The van der Waals surface area contributed by atoms with Crippen LogP contribution >= 0.6 is 34.8 Å². The van der Waals surface area contributed by atoms with Gasteiger partial charge in [-0.05, 0) is 60.5 Å². The van der Waals surface area contributed by atoms with Crippen LogP contribution in [0.15, 0.2) is 66.7 Å². The maximum atomic E-state index is 11.8. The Kier molecular flexibility index (Phi) is 7.50. The first-order valence-electron chi connectivity index (χ1n) is 10.6. The third-order valence-corrected chi connectivity index (χ3v) is 6.45. The molecule has 0 spiro atoms. The minimum absolute atomic E-state index is 0.00459.